The van der Waals surface area contributed by atoms with Crippen LogP contribution in [0, 0.1) is 6.07 Å². The maximum Gasteiger partial charge on any atom is 2.00 e. The Hall–Kier alpha value is 0.876. The van der Waals surface area contributed by atoms with Crippen molar-refractivity contribution in [2.75, 3.05) is 0 Å². The van der Waals surface area contributed by atoms with Crippen molar-refractivity contribution >= 4 is 39.0 Å². The average Bonchev–Trinajstić information content (AvgIpc) is 1.69. The molecule has 0 aromatic carbocycles. The van der Waals surface area contributed by atoms with Gasteiger partial charge in [-0.2, -0.15) is 15.9 Å². The monoisotopic (exact) mass is 259 g/mol. The van der Waals surface area contributed by atoms with Crippen molar-refractivity contribution in [3.8, 4) is 0 Å². The Morgan fingerprint density at radius 3 is 2.44 bits per heavy atom. The molecular weight excluding hydrogens is 258 g/mol. The second-order valence-electron chi connectivity index (χ2n) is 1.10. The van der Waals surface area contributed by atoms with Crippen LogP contribution in [0.5, 0.6) is 0 Å². The van der Waals surface area contributed by atoms with Crippen LogP contribution in [-0.4, -0.2) is 28.0 Å². The van der Waals surface area contributed by atoms with Gasteiger partial charge in [0.25, 0.3) is 0 Å². The number of aromatic nitrogens is 1. The fourth-order valence-electron chi connectivity index (χ4n) is 0.306. The number of pyridine rings is 1. The number of hydrogen-bond acceptors (Lipinski definition) is 1. The molecule has 1 rings (SSSR count). The minimum atomic E-state index is 0. The predicted octanol–water partition coefficient (Wildman–Crippen LogP) is -1.73. The SMILES string of the molecule is Brc1c[c-]cnc1.[Br-].[Mg+2]. The number of hydrogen-bond donors (Lipinski definition) is 0. The van der Waals surface area contributed by atoms with Crippen LogP contribution in [0.1, 0.15) is 0 Å². The number of rotatable bonds is 0. The zero-order chi connectivity index (χ0) is 5.11. The van der Waals surface area contributed by atoms with Crippen molar-refractivity contribution in [3.63, 3.8) is 0 Å². The third-order valence-electron chi connectivity index (χ3n) is 0.568. The maximum atomic E-state index is 3.78. The topological polar surface area (TPSA) is 12.9 Å². The molecule has 44 valence electrons. The van der Waals surface area contributed by atoms with E-state index in [-0.39, 0.29) is 40.0 Å². The molecule has 0 aliphatic rings. The summed E-state index contributed by atoms with van der Waals surface area (Å²) in [5.41, 5.74) is 0. The third kappa shape index (κ3) is 5.33. The normalized spacial score (nSPS) is 6.78. The first kappa shape index (κ1) is 12.5. The second kappa shape index (κ2) is 6.99. The van der Waals surface area contributed by atoms with E-state index in [1.807, 2.05) is 6.07 Å². The van der Waals surface area contributed by atoms with Gasteiger partial charge < -0.3 is 22.0 Å². The molecule has 1 aromatic heterocycles. The molecule has 0 aliphatic carbocycles. The molecule has 1 nitrogen and oxygen atoms in total. The van der Waals surface area contributed by atoms with Crippen LogP contribution in [0.4, 0.5) is 0 Å². The van der Waals surface area contributed by atoms with E-state index in [1.54, 1.807) is 12.4 Å². The molecule has 0 unspecified atom stereocenters. The molecule has 0 fully saturated rings. The van der Waals surface area contributed by atoms with E-state index in [1.165, 1.54) is 0 Å². The summed E-state index contributed by atoms with van der Waals surface area (Å²) in [6, 6.07) is 4.62. The van der Waals surface area contributed by atoms with Crippen LogP contribution in [0.15, 0.2) is 22.9 Å². The minimum Gasteiger partial charge on any atom is -1.00 e. The summed E-state index contributed by atoms with van der Waals surface area (Å²) >= 11 is 3.22. The van der Waals surface area contributed by atoms with Gasteiger partial charge in [0, 0.05) is 0 Å². The van der Waals surface area contributed by atoms with Crippen LogP contribution in [0.2, 0.25) is 0 Å². The molecule has 0 atom stereocenters. The molecule has 0 spiro atoms. The summed E-state index contributed by atoms with van der Waals surface area (Å²) in [7, 11) is 0. The Kier molecular flexibility index (Phi) is 9.74. The zero-order valence-corrected chi connectivity index (χ0v) is 9.23. The summed E-state index contributed by atoms with van der Waals surface area (Å²) in [4.78, 5) is 3.78. The quantitative estimate of drug-likeness (QED) is 0.399. The molecule has 1 aromatic rings. The first-order valence-corrected chi connectivity index (χ1v) is 2.65. The van der Waals surface area contributed by atoms with Gasteiger partial charge in [0.2, 0.25) is 0 Å². The second-order valence-corrected chi connectivity index (χ2v) is 2.02. The molecule has 9 heavy (non-hydrogen) atoms. The van der Waals surface area contributed by atoms with E-state index in [2.05, 4.69) is 27.0 Å². The smallest absolute Gasteiger partial charge is 1.00 e. The Morgan fingerprint density at radius 1 is 1.56 bits per heavy atom. The van der Waals surface area contributed by atoms with Gasteiger partial charge in [-0.25, -0.2) is 12.1 Å². The molecule has 0 amide bonds. The minimum absolute atomic E-state index is 0. The van der Waals surface area contributed by atoms with E-state index in [9.17, 15) is 0 Å². The van der Waals surface area contributed by atoms with Crippen LogP contribution in [0.3, 0.4) is 0 Å². The van der Waals surface area contributed by atoms with Crippen molar-refractivity contribution < 1.29 is 17.0 Å². The van der Waals surface area contributed by atoms with Crippen molar-refractivity contribution in [1.29, 1.82) is 0 Å². The molecular formula is C5H3Br2MgN. The molecule has 1 heterocycles. The molecule has 0 saturated heterocycles. The molecule has 4 heteroatoms. The van der Waals surface area contributed by atoms with Gasteiger partial charge in [-0.15, -0.1) is 4.47 Å². The summed E-state index contributed by atoms with van der Waals surface area (Å²) < 4.78 is 0.968. The first-order chi connectivity index (χ1) is 3.39. The summed E-state index contributed by atoms with van der Waals surface area (Å²) in [6.45, 7) is 0. The molecule has 0 radical (unpaired) electrons. The fraction of sp³-hybridized carbons (Fsp3) is 0. The van der Waals surface area contributed by atoms with Crippen LogP contribution in [0.25, 0.3) is 0 Å². The van der Waals surface area contributed by atoms with Gasteiger partial charge in [0.15, 0.2) is 0 Å². The van der Waals surface area contributed by atoms with Gasteiger partial charge in [-0.3, -0.25) is 0 Å². The third-order valence-corrected chi connectivity index (χ3v) is 1.00. The first-order valence-electron chi connectivity index (χ1n) is 1.86. The molecule has 0 N–H and O–H groups in total. The van der Waals surface area contributed by atoms with Crippen molar-refractivity contribution in [3.05, 3.63) is 29.0 Å². The van der Waals surface area contributed by atoms with E-state index in [0.29, 0.717) is 0 Å². The van der Waals surface area contributed by atoms with Gasteiger partial charge in [-0.05, 0) is 6.20 Å². The Bertz CT molecular complexity index is 145. The maximum absolute atomic E-state index is 3.78. The van der Waals surface area contributed by atoms with Gasteiger partial charge in [0.05, 0.1) is 0 Å². The van der Waals surface area contributed by atoms with E-state index >= 15 is 0 Å². The van der Waals surface area contributed by atoms with Gasteiger partial charge >= 0.3 is 23.1 Å². The zero-order valence-electron chi connectivity index (χ0n) is 4.64. The van der Waals surface area contributed by atoms with Crippen LogP contribution in [-0.2, 0) is 0 Å². The summed E-state index contributed by atoms with van der Waals surface area (Å²) in [6.07, 6.45) is 3.33. The summed E-state index contributed by atoms with van der Waals surface area (Å²) in [5.74, 6) is 0. The molecule has 0 saturated carbocycles. The van der Waals surface area contributed by atoms with Crippen molar-refractivity contribution in [2.24, 2.45) is 0 Å². The van der Waals surface area contributed by atoms with E-state index < -0.39 is 0 Å². The fourth-order valence-corrected chi connectivity index (χ4v) is 0.556. The number of halogens is 2. The molecule has 0 bridgehead atoms. The predicted molar refractivity (Wildman–Crippen MR) is 36.5 cm³/mol. The van der Waals surface area contributed by atoms with Gasteiger partial charge in [-0.1, -0.05) is 6.20 Å². The van der Waals surface area contributed by atoms with Crippen molar-refractivity contribution in [2.45, 2.75) is 0 Å². The Balaban J connectivity index is 0. The Morgan fingerprint density at radius 2 is 2.22 bits per heavy atom. The van der Waals surface area contributed by atoms with Crippen molar-refractivity contribution in [1.82, 2.24) is 4.98 Å². The molecule has 0 aliphatic heterocycles. The van der Waals surface area contributed by atoms with Crippen LogP contribution < -0.4 is 17.0 Å². The summed E-state index contributed by atoms with van der Waals surface area (Å²) in [5, 5.41) is 0. The van der Waals surface area contributed by atoms with E-state index in [4.69, 9.17) is 0 Å². The van der Waals surface area contributed by atoms with Crippen LogP contribution >= 0.6 is 15.9 Å². The standard InChI is InChI=1S/C5H3BrN.BrH.Mg/c6-5-2-1-3-7-4-5;;/h2-4H;1H;/q-1;;+2/p-1. The number of nitrogens with zero attached hydrogens (tertiary/aromatic N) is 1. The largest absolute Gasteiger partial charge is 2.00 e. The van der Waals surface area contributed by atoms with Gasteiger partial charge in [0.1, 0.15) is 0 Å². The van der Waals surface area contributed by atoms with E-state index in [0.717, 1.165) is 4.47 Å². The average molecular weight is 261 g/mol. The Labute approximate surface area is 89.3 Å².